The van der Waals surface area contributed by atoms with Crippen molar-refractivity contribution < 1.29 is 28.0 Å². The standard InChI is InChI=1S/C29H30F2N4O4/c30-18-7-8-19(22(31)13-18)26-14-24(34-39-26)28(38)32-23-9-12-35(15-17-5-6-17)16-20(23)27(37)33-29(10-11-29)21-3-1-2-4-25(21)36/h1-4,7-8,13-14,17,20,23,36H,5-6,9-12,15-16H2,(H,32,38)(H,33,37)/t20-,23-/m0/s1. The van der Waals surface area contributed by atoms with Crippen molar-refractivity contribution in [3.05, 3.63) is 71.4 Å². The predicted molar refractivity (Wildman–Crippen MR) is 138 cm³/mol. The number of piperidine rings is 1. The van der Waals surface area contributed by atoms with Crippen molar-refractivity contribution in [2.45, 2.75) is 43.7 Å². The van der Waals surface area contributed by atoms with Gasteiger partial charge in [0.1, 0.15) is 17.4 Å². The maximum Gasteiger partial charge on any atom is 0.273 e. The van der Waals surface area contributed by atoms with Gasteiger partial charge in [-0.2, -0.15) is 0 Å². The van der Waals surface area contributed by atoms with E-state index < -0.39 is 35.0 Å². The molecule has 2 saturated carbocycles. The van der Waals surface area contributed by atoms with Crippen LogP contribution in [0.2, 0.25) is 0 Å². The minimum absolute atomic E-state index is 0.00420. The zero-order valence-corrected chi connectivity index (χ0v) is 21.3. The summed E-state index contributed by atoms with van der Waals surface area (Å²) >= 11 is 0. The van der Waals surface area contributed by atoms with E-state index in [1.807, 2.05) is 12.1 Å². The number of benzene rings is 2. The number of phenols is 1. The molecule has 0 spiro atoms. The van der Waals surface area contributed by atoms with Gasteiger partial charge in [-0.3, -0.25) is 9.59 Å². The predicted octanol–water partition coefficient (Wildman–Crippen LogP) is 3.96. The van der Waals surface area contributed by atoms with Gasteiger partial charge in [-0.15, -0.1) is 0 Å². The first-order chi connectivity index (χ1) is 18.8. The highest BCUT2D eigenvalue weighted by atomic mass is 19.1. The first kappa shape index (κ1) is 25.5. The largest absolute Gasteiger partial charge is 0.508 e. The summed E-state index contributed by atoms with van der Waals surface area (Å²) in [6.07, 6.45) is 4.44. The molecule has 3 N–H and O–H groups in total. The van der Waals surface area contributed by atoms with E-state index in [9.17, 15) is 23.5 Å². The van der Waals surface area contributed by atoms with Gasteiger partial charge in [-0.1, -0.05) is 23.4 Å². The number of phenolic OH excluding ortho intramolecular Hbond substituents is 1. The molecule has 0 radical (unpaired) electrons. The smallest absolute Gasteiger partial charge is 0.273 e. The number of rotatable bonds is 8. The van der Waals surface area contributed by atoms with Crippen LogP contribution in [0.4, 0.5) is 8.78 Å². The van der Waals surface area contributed by atoms with E-state index in [-0.39, 0.29) is 28.7 Å². The number of para-hydroxylation sites is 1. The second-order valence-corrected chi connectivity index (χ2v) is 11.0. The lowest BCUT2D eigenvalue weighted by Crippen LogP contribution is -2.57. The summed E-state index contributed by atoms with van der Waals surface area (Å²) in [4.78, 5) is 29.1. The van der Waals surface area contributed by atoms with E-state index in [1.54, 1.807) is 12.1 Å². The Balaban J connectivity index is 1.18. The lowest BCUT2D eigenvalue weighted by atomic mass is 9.89. The number of aromatic hydroxyl groups is 1. The Labute approximate surface area is 224 Å². The van der Waals surface area contributed by atoms with Crippen molar-refractivity contribution in [3.63, 3.8) is 0 Å². The molecule has 2 heterocycles. The van der Waals surface area contributed by atoms with Gasteiger partial charge < -0.3 is 25.2 Å². The fourth-order valence-corrected chi connectivity index (χ4v) is 5.52. The van der Waals surface area contributed by atoms with Crippen LogP contribution < -0.4 is 10.6 Å². The molecule has 2 aliphatic carbocycles. The topological polar surface area (TPSA) is 108 Å². The highest BCUT2D eigenvalue weighted by Gasteiger charge is 2.49. The van der Waals surface area contributed by atoms with Crippen LogP contribution in [0.1, 0.15) is 48.2 Å². The first-order valence-corrected chi connectivity index (χ1v) is 13.4. The fourth-order valence-electron chi connectivity index (χ4n) is 5.52. The van der Waals surface area contributed by atoms with E-state index in [0.29, 0.717) is 24.4 Å². The summed E-state index contributed by atoms with van der Waals surface area (Å²) in [7, 11) is 0. The molecule has 1 aliphatic heterocycles. The average Bonchev–Trinajstić information content (AvgIpc) is 3.83. The van der Waals surface area contributed by atoms with Crippen molar-refractivity contribution in [1.82, 2.24) is 20.7 Å². The van der Waals surface area contributed by atoms with Crippen LogP contribution in [-0.2, 0) is 10.3 Å². The average molecular weight is 537 g/mol. The second-order valence-electron chi connectivity index (χ2n) is 11.0. The van der Waals surface area contributed by atoms with Crippen LogP contribution in [0.3, 0.4) is 0 Å². The molecule has 2 atom stereocenters. The third-order valence-corrected chi connectivity index (χ3v) is 8.03. The van der Waals surface area contributed by atoms with Crippen LogP contribution in [0.15, 0.2) is 53.1 Å². The fraction of sp³-hybridized carbons (Fsp3) is 0.414. The van der Waals surface area contributed by atoms with Gasteiger partial charge in [0, 0.05) is 43.4 Å². The number of carbonyl (C=O) groups is 2. The number of carbonyl (C=O) groups excluding carboxylic acids is 2. The molecule has 2 amide bonds. The molecular weight excluding hydrogens is 506 g/mol. The highest BCUT2D eigenvalue weighted by molar-refractivity contribution is 5.94. The van der Waals surface area contributed by atoms with E-state index in [0.717, 1.165) is 38.1 Å². The molecule has 6 rings (SSSR count). The molecule has 3 fully saturated rings. The Bertz CT molecular complexity index is 1400. The van der Waals surface area contributed by atoms with Crippen LogP contribution in [0.5, 0.6) is 5.75 Å². The molecule has 0 unspecified atom stereocenters. The van der Waals surface area contributed by atoms with Crippen molar-refractivity contribution in [1.29, 1.82) is 0 Å². The molecule has 3 aliphatic rings. The maximum absolute atomic E-state index is 14.2. The van der Waals surface area contributed by atoms with E-state index in [1.165, 1.54) is 25.0 Å². The second kappa shape index (κ2) is 10.1. The third-order valence-electron chi connectivity index (χ3n) is 8.03. The third kappa shape index (κ3) is 5.38. The van der Waals surface area contributed by atoms with Crippen LogP contribution in [0.25, 0.3) is 11.3 Å². The molecule has 1 aromatic heterocycles. The molecule has 8 nitrogen and oxygen atoms in total. The van der Waals surface area contributed by atoms with Gasteiger partial charge in [0.15, 0.2) is 11.5 Å². The van der Waals surface area contributed by atoms with Gasteiger partial charge in [-0.05, 0) is 56.2 Å². The van der Waals surface area contributed by atoms with Gasteiger partial charge in [0.05, 0.1) is 17.0 Å². The molecule has 39 heavy (non-hydrogen) atoms. The molecule has 10 heteroatoms. The Morgan fingerprint density at radius 3 is 2.62 bits per heavy atom. The Hall–Kier alpha value is -3.79. The molecule has 3 aromatic rings. The normalized spacial score (nSPS) is 22.3. The number of hydrogen-bond donors (Lipinski definition) is 3. The van der Waals surface area contributed by atoms with Crippen LogP contribution in [0, 0.1) is 23.5 Å². The number of halogens is 2. The minimum atomic E-state index is -0.823. The number of aromatic nitrogens is 1. The van der Waals surface area contributed by atoms with Gasteiger partial charge in [0.25, 0.3) is 5.91 Å². The molecule has 1 saturated heterocycles. The van der Waals surface area contributed by atoms with Crippen molar-refractivity contribution in [3.8, 4) is 17.1 Å². The molecular formula is C29H30F2N4O4. The highest BCUT2D eigenvalue weighted by Crippen LogP contribution is 2.49. The lowest BCUT2D eigenvalue weighted by Gasteiger charge is -2.38. The Kier molecular flexibility index (Phi) is 6.58. The molecule has 2 aromatic carbocycles. The van der Waals surface area contributed by atoms with Crippen molar-refractivity contribution in [2.75, 3.05) is 19.6 Å². The van der Waals surface area contributed by atoms with E-state index in [2.05, 4.69) is 20.7 Å². The van der Waals surface area contributed by atoms with Crippen molar-refractivity contribution in [2.24, 2.45) is 11.8 Å². The summed E-state index contributed by atoms with van der Waals surface area (Å²) in [6.45, 7) is 2.20. The zero-order valence-electron chi connectivity index (χ0n) is 21.3. The SMILES string of the molecule is O=C(N[C@H]1CCN(CC2CC2)C[C@@H]1C(=O)NC1(c2ccccc2O)CC1)c1cc(-c2ccc(F)cc2F)on1. The maximum atomic E-state index is 14.2. The molecule has 0 bridgehead atoms. The Morgan fingerprint density at radius 1 is 1.10 bits per heavy atom. The van der Waals surface area contributed by atoms with Gasteiger partial charge in [0.2, 0.25) is 5.91 Å². The molecule has 204 valence electrons. The quantitative estimate of drug-likeness (QED) is 0.402. The summed E-state index contributed by atoms with van der Waals surface area (Å²) in [5.74, 6) is -1.94. The number of amides is 2. The summed E-state index contributed by atoms with van der Waals surface area (Å²) in [6, 6.07) is 10.9. The summed E-state index contributed by atoms with van der Waals surface area (Å²) in [5.41, 5.74) is 0.0390. The van der Waals surface area contributed by atoms with Crippen LogP contribution >= 0.6 is 0 Å². The van der Waals surface area contributed by atoms with E-state index >= 15 is 0 Å². The lowest BCUT2D eigenvalue weighted by molar-refractivity contribution is -0.128. The monoisotopic (exact) mass is 536 g/mol. The number of nitrogens with one attached hydrogen (secondary N) is 2. The zero-order chi connectivity index (χ0) is 27.1. The van der Waals surface area contributed by atoms with Gasteiger partial charge in [-0.25, -0.2) is 8.78 Å². The first-order valence-electron chi connectivity index (χ1n) is 13.4. The number of likely N-dealkylation sites (tertiary alicyclic amines) is 1. The van der Waals surface area contributed by atoms with Gasteiger partial charge >= 0.3 is 0 Å². The van der Waals surface area contributed by atoms with E-state index in [4.69, 9.17) is 4.52 Å². The van der Waals surface area contributed by atoms with Crippen molar-refractivity contribution >= 4 is 11.8 Å². The number of hydrogen-bond acceptors (Lipinski definition) is 6. The van der Waals surface area contributed by atoms with Crippen LogP contribution in [-0.4, -0.2) is 52.7 Å². The minimum Gasteiger partial charge on any atom is -0.508 e. The summed E-state index contributed by atoms with van der Waals surface area (Å²) in [5, 5.41) is 20.3. The summed E-state index contributed by atoms with van der Waals surface area (Å²) < 4.78 is 32.6. The number of nitrogens with zero attached hydrogens (tertiary/aromatic N) is 2. The Morgan fingerprint density at radius 2 is 1.90 bits per heavy atom.